The molecule has 0 spiro atoms. The SMILES string of the molecule is CCNCc1cccc(NC(=O)c2ccc(NC(=O)NC(C)C)cc2)c1. The second-order valence-corrected chi connectivity index (χ2v) is 6.27. The van der Waals surface area contributed by atoms with Gasteiger partial charge in [-0.2, -0.15) is 0 Å². The van der Waals surface area contributed by atoms with E-state index in [1.54, 1.807) is 24.3 Å². The Hall–Kier alpha value is -2.86. The molecular weight excluding hydrogens is 328 g/mol. The number of carbonyl (C=O) groups excluding carboxylic acids is 2. The Morgan fingerprint density at radius 2 is 1.69 bits per heavy atom. The van der Waals surface area contributed by atoms with Gasteiger partial charge in [0, 0.05) is 29.5 Å². The molecule has 2 aromatic rings. The monoisotopic (exact) mass is 354 g/mol. The first-order chi connectivity index (χ1) is 12.5. The van der Waals surface area contributed by atoms with E-state index in [9.17, 15) is 9.59 Å². The van der Waals surface area contributed by atoms with Crippen LogP contribution in [0.25, 0.3) is 0 Å². The molecule has 0 aliphatic rings. The van der Waals surface area contributed by atoms with Crippen molar-refractivity contribution in [3.63, 3.8) is 0 Å². The van der Waals surface area contributed by atoms with Gasteiger partial charge in [-0.3, -0.25) is 4.79 Å². The molecule has 0 bridgehead atoms. The molecule has 0 heterocycles. The lowest BCUT2D eigenvalue weighted by molar-refractivity contribution is 0.102. The van der Waals surface area contributed by atoms with Crippen LogP contribution in [0.4, 0.5) is 16.2 Å². The lowest BCUT2D eigenvalue weighted by atomic mass is 10.1. The Morgan fingerprint density at radius 1 is 0.962 bits per heavy atom. The second kappa shape index (κ2) is 9.58. The van der Waals surface area contributed by atoms with Crippen molar-refractivity contribution in [3.8, 4) is 0 Å². The summed E-state index contributed by atoms with van der Waals surface area (Å²) in [4.78, 5) is 24.1. The third-order valence-corrected chi connectivity index (χ3v) is 3.59. The highest BCUT2D eigenvalue weighted by Gasteiger charge is 2.08. The summed E-state index contributed by atoms with van der Waals surface area (Å²) < 4.78 is 0. The first-order valence-electron chi connectivity index (χ1n) is 8.76. The summed E-state index contributed by atoms with van der Waals surface area (Å²) in [5.41, 5.74) is 3.02. The standard InChI is InChI=1S/C20H26N4O2/c1-4-21-13-15-6-5-7-18(12-15)23-19(25)16-8-10-17(11-9-16)24-20(26)22-14(2)3/h5-12,14,21H,4,13H2,1-3H3,(H,23,25)(H2,22,24,26). The van der Waals surface area contributed by atoms with Crippen molar-refractivity contribution >= 4 is 23.3 Å². The predicted molar refractivity (Wildman–Crippen MR) is 106 cm³/mol. The highest BCUT2D eigenvalue weighted by molar-refractivity contribution is 6.04. The lowest BCUT2D eigenvalue weighted by Crippen LogP contribution is -2.34. The fraction of sp³-hybridized carbons (Fsp3) is 0.300. The van der Waals surface area contributed by atoms with Gasteiger partial charge in [-0.1, -0.05) is 19.1 Å². The van der Waals surface area contributed by atoms with Crippen LogP contribution in [-0.2, 0) is 6.54 Å². The number of nitrogens with one attached hydrogen (secondary N) is 4. The van der Waals surface area contributed by atoms with Crippen LogP contribution >= 0.6 is 0 Å². The first-order valence-corrected chi connectivity index (χ1v) is 8.76. The zero-order valence-corrected chi connectivity index (χ0v) is 15.4. The molecule has 4 N–H and O–H groups in total. The van der Waals surface area contributed by atoms with Crippen LogP contribution in [0.15, 0.2) is 48.5 Å². The predicted octanol–water partition coefficient (Wildman–Crippen LogP) is 3.58. The fourth-order valence-electron chi connectivity index (χ4n) is 2.37. The maximum atomic E-state index is 12.4. The Balaban J connectivity index is 1.96. The van der Waals surface area contributed by atoms with E-state index >= 15 is 0 Å². The molecule has 0 aliphatic carbocycles. The Labute approximate surface area is 154 Å². The van der Waals surface area contributed by atoms with Crippen molar-refractivity contribution in [1.82, 2.24) is 10.6 Å². The quantitative estimate of drug-likeness (QED) is 0.613. The number of amides is 3. The molecule has 0 atom stereocenters. The van der Waals surface area contributed by atoms with E-state index in [0.717, 1.165) is 24.3 Å². The van der Waals surface area contributed by atoms with Gasteiger partial charge in [-0.15, -0.1) is 0 Å². The number of anilines is 2. The third-order valence-electron chi connectivity index (χ3n) is 3.59. The van der Waals surface area contributed by atoms with Crippen LogP contribution in [-0.4, -0.2) is 24.5 Å². The third kappa shape index (κ3) is 6.22. The van der Waals surface area contributed by atoms with Crippen LogP contribution in [0.5, 0.6) is 0 Å². The van der Waals surface area contributed by atoms with E-state index in [1.807, 2.05) is 38.1 Å². The van der Waals surface area contributed by atoms with Crippen LogP contribution < -0.4 is 21.3 Å². The van der Waals surface area contributed by atoms with Crippen molar-refractivity contribution in [2.75, 3.05) is 17.2 Å². The minimum Gasteiger partial charge on any atom is -0.336 e. The van der Waals surface area contributed by atoms with E-state index in [-0.39, 0.29) is 18.0 Å². The van der Waals surface area contributed by atoms with Crippen molar-refractivity contribution in [2.45, 2.75) is 33.4 Å². The zero-order valence-electron chi connectivity index (χ0n) is 15.4. The Morgan fingerprint density at radius 3 is 2.35 bits per heavy atom. The van der Waals surface area contributed by atoms with Crippen molar-refractivity contribution in [3.05, 3.63) is 59.7 Å². The highest BCUT2D eigenvalue weighted by atomic mass is 16.2. The minimum atomic E-state index is -0.269. The number of urea groups is 1. The number of carbonyl (C=O) groups is 2. The molecule has 6 nitrogen and oxygen atoms in total. The molecule has 138 valence electrons. The van der Waals surface area contributed by atoms with Gasteiger partial charge >= 0.3 is 6.03 Å². The lowest BCUT2D eigenvalue weighted by Gasteiger charge is -2.11. The fourth-order valence-corrected chi connectivity index (χ4v) is 2.37. The van der Waals surface area contributed by atoms with Crippen LogP contribution in [0.1, 0.15) is 36.7 Å². The van der Waals surface area contributed by atoms with Crippen molar-refractivity contribution in [1.29, 1.82) is 0 Å². The van der Waals surface area contributed by atoms with Gasteiger partial charge in [-0.25, -0.2) is 4.79 Å². The van der Waals surface area contributed by atoms with E-state index in [4.69, 9.17) is 0 Å². The van der Waals surface area contributed by atoms with Gasteiger partial charge in [0.2, 0.25) is 0 Å². The molecule has 0 saturated carbocycles. The number of hydrogen-bond acceptors (Lipinski definition) is 3. The Bertz CT molecular complexity index is 742. The molecule has 0 radical (unpaired) electrons. The van der Waals surface area contributed by atoms with E-state index in [2.05, 4.69) is 28.2 Å². The molecule has 0 fully saturated rings. The zero-order chi connectivity index (χ0) is 18.9. The first kappa shape index (κ1) is 19.5. The Kier molecular flexibility index (Phi) is 7.17. The van der Waals surface area contributed by atoms with Crippen LogP contribution in [0.2, 0.25) is 0 Å². The molecule has 0 aliphatic heterocycles. The summed E-state index contributed by atoms with van der Waals surface area (Å²) in [5, 5.41) is 11.6. The average Bonchev–Trinajstić information content (AvgIpc) is 2.60. The maximum Gasteiger partial charge on any atom is 0.319 e. The summed E-state index contributed by atoms with van der Waals surface area (Å²) >= 11 is 0. The topological polar surface area (TPSA) is 82.3 Å². The van der Waals surface area contributed by atoms with E-state index in [1.165, 1.54) is 0 Å². The summed E-state index contributed by atoms with van der Waals surface area (Å²) in [6.07, 6.45) is 0. The summed E-state index contributed by atoms with van der Waals surface area (Å²) in [7, 11) is 0. The van der Waals surface area contributed by atoms with E-state index < -0.39 is 0 Å². The molecule has 2 rings (SSSR count). The van der Waals surface area contributed by atoms with Gasteiger partial charge in [0.15, 0.2) is 0 Å². The van der Waals surface area contributed by atoms with Gasteiger partial charge in [-0.05, 0) is 62.4 Å². The molecule has 0 aromatic heterocycles. The molecule has 26 heavy (non-hydrogen) atoms. The van der Waals surface area contributed by atoms with Gasteiger partial charge < -0.3 is 21.3 Å². The average molecular weight is 354 g/mol. The molecule has 2 aromatic carbocycles. The minimum absolute atomic E-state index is 0.0586. The maximum absolute atomic E-state index is 12.4. The van der Waals surface area contributed by atoms with Crippen LogP contribution in [0, 0.1) is 0 Å². The van der Waals surface area contributed by atoms with Crippen molar-refractivity contribution in [2.24, 2.45) is 0 Å². The number of benzene rings is 2. The summed E-state index contributed by atoms with van der Waals surface area (Å²) in [6.45, 7) is 7.49. The second-order valence-electron chi connectivity index (χ2n) is 6.27. The largest absolute Gasteiger partial charge is 0.336 e. The molecular formula is C20H26N4O2. The highest BCUT2D eigenvalue weighted by Crippen LogP contribution is 2.14. The summed E-state index contributed by atoms with van der Waals surface area (Å²) in [5.74, 6) is -0.191. The van der Waals surface area contributed by atoms with Gasteiger partial charge in [0.05, 0.1) is 0 Å². The number of hydrogen-bond donors (Lipinski definition) is 4. The smallest absolute Gasteiger partial charge is 0.319 e. The number of rotatable bonds is 7. The van der Waals surface area contributed by atoms with Gasteiger partial charge in [0.1, 0.15) is 0 Å². The van der Waals surface area contributed by atoms with E-state index in [0.29, 0.717) is 11.3 Å². The molecule has 6 heteroatoms. The normalized spacial score (nSPS) is 10.5. The van der Waals surface area contributed by atoms with Crippen molar-refractivity contribution < 1.29 is 9.59 Å². The van der Waals surface area contributed by atoms with Gasteiger partial charge in [0.25, 0.3) is 5.91 Å². The summed E-state index contributed by atoms with van der Waals surface area (Å²) in [6, 6.07) is 14.3. The molecule has 0 saturated heterocycles. The molecule has 3 amide bonds. The molecule has 0 unspecified atom stereocenters. The van der Waals surface area contributed by atoms with Crippen LogP contribution in [0.3, 0.4) is 0 Å².